The topological polar surface area (TPSA) is 83.3 Å². The molecule has 2 N–H and O–H groups in total. The van der Waals surface area contributed by atoms with E-state index >= 15 is 0 Å². The number of rotatable bonds is 6. The number of nitrogens with zero attached hydrogens (tertiary/aromatic N) is 4. The fourth-order valence-electron chi connectivity index (χ4n) is 3.13. The Labute approximate surface area is 145 Å². The minimum atomic E-state index is -0.00637. The molecule has 0 spiro atoms. The van der Waals surface area contributed by atoms with Crippen molar-refractivity contribution in [1.82, 2.24) is 19.7 Å². The highest BCUT2D eigenvalue weighted by atomic mass is 32.1. The molecule has 2 aromatic rings. The Morgan fingerprint density at radius 1 is 1.46 bits per heavy atom. The molecule has 8 heteroatoms. The number of amides is 1. The van der Waals surface area contributed by atoms with Crippen molar-refractivity contribution in [3.8, 4) is 0 Å². The van der Waals surface area contributed by atoms with Gasteiger partial charge in [0.2, 0.25) is 5.91 Å². The maximum atomic E-state index is 12.1. The summed E-state index contributed by atoms with van der Waals surface area (Å²) in [6.45, 7) is 4.74. The molecule has 3 rings (SSSR count). The van der Waals surface area contributed by atoms with E-state index in [1.165, 1.54) is 17.0 Å². The fourth-order valence-corrected chi connectivity index (χ4v) is 3.84. The van der Waals surface area contributed by atoms with Gasteiger partial charge < -0.3 is 10.4 Å². The minimum absolute atomic E-state index is 0.00637. The highest BCUT2D eigenvalue weighted by molar-refractivity contribution is 7.13. The molecule has 130 valence electrons. The lowest BCUT2D eigenvalue weighted by Gasteiger charge is -2.31. The van der Waals surface area contributed by atoms with Gasteiger partial charge in [-0.1, -0.05) is 0 Å². The number of thiazole rings is 1. The standard InChI is InChI=1S/C16H23N5O2S/c1-12-11-24-16(18-12)19-15(23)10-20-6-3-13(4-7-20)14-2-5-17-21(14)8-9-22/h2,5,11,13,22H,3-4,6-10H2,1H3,(H,18,19,23). The van der Waals surface area contributed by atoms with Gasteiger partial charge in [0, 0.05) is 23.2 Å². The van der Waals surface area contributed by atoms with Crippen LogP contribution in [0.3, 0.4) is 0 Å². The summed E-state index contributed by atoms with van der Waals surface area (Å²) in [4.78, 5) is 18.5. The monoisotopic (exact) mass is 349 g/mol. The molecule has 1 fully saturated rings. The third kappa shape index (κ3) is 4.19. The van der Waals surface area contributed by atoms with Gasteiger partial charge in [-0.15, -0.1) is 11.3 Å². The highest BCUT2D eigenvalue weighted by Gasteiger charge is 2.24. The first-order chi connectivity index (χ1) is 11.7. The largest absolute Gasteiger partial charge is 0.394 e. The van der Waals surface area contributed by atoms with Crippen molar-refractivity contribution in [2.45, 2.75) is 32.2 Å². The molecule has 0 saturated carbocycles. The molecular formula is C16H23N5O2S. The maximum Gasteiger partial charge on any atom is 0.240 e. The van der Waals surface area contributed by atoms with Crippen molar-refractivity contribution < 1.29 is 9.90 Å². The first kappa shape index (κ1) is 17.1. The normalized spacial score (nSPS) is 16.4. The number of anilines is 1. The number of carbonyl (C=O) groups excluding carboxylic acids is 1. The number of carbonyl (C=O) groups is 1. The molecule has 0 aromatic carbocycles. The number of aromatic nitrogens is 3. The summed E-state index contributed by atoms with van der Waals surface area (Å²) in [5.41, 5.74) is 2.11. The van der Waals surface area contributed by atoms with Crippen LogP contribution in [0.25, 0.3) is 0 Å². The summed E-state index contributed by atoms with van der Waals surface area (Å²) in [6, 6.07) is 2.04. The van der Waals surface area contributed by atoms with Gasteiger partial charge in [0.1, 0.15) is 0 Å². The van der Waals surface area contributed by atoms with Gasteiger partial charge in [-0.05, 0) is 38.9 Å². The second-order valence-corrected chi connectivity index (χ2v) is 6.95. The van der Waals surface area contributed by atoms with Crippen LogP contribution in [-0.4, -0.2) is 56.9 Å². The van der Waals surface area contributed by atoms with Crippen LogP contribution >= 0.6 is 11.3 Å². The molecular weight excluding hydrogens is 326 g/mol. The van der Waals surface area contributed by atoms with Gasteiger partial charge in [0.15, 0.2) is 5.13 Å². The molecule has 0 unspecified atom stereocenters. The Kier molecular flexibility index (Phi) is 5.60. The van der Waals surface area contributed by atoms with Crippen molar-refractivity contribution in [3.63, 3.8) is 0 Å². The molecule has 0 atom stereocenters. The lowest BCUT2D eigenvalue weighted by molar-refractivity contribution is -0.117. The van der Waals surface area contributed by atoms with E-state index in [4.69, 9.17) is 5.11 Å². The first-order valence-corrected chi connectivity index (χ1v) is 9.10. The number of aliphatic hydroxyl groups is 1. The maximum absolute atomic E-state index is 12.1. The molecule has 7 nitrogen and oxygen atoms in total. The number of piperidine rings is 1. The van der Waals surface area contributed by atoms with Crippen LogP contribution in [0.4, 0.5) is 5.13 Å². The lowest BCUT2D eigenvalue weighted by atomic mass is 9.93. The molecule has 0 aliphatic carbocycles. The third-order valence-corrected chi connectivity index (χ3v) is 5.18. The molecule has 1 aliphatic heterocycles. The van der Waals surface area contributed by atoms with Crippen LogP contribution < -0.4 is 5.32 Å². The average Bonchev–Trinajstić information content (AvgIpc) is 3.18. The summed E-state index contributed by atoms with van der Waals surface area (Å²) in [6.07, 6.45) is 3.79. The van der Waals surface area contributed by atoms with Gasteiger partial charge in [-0.3, -0.25) is 14.4 Å². The van der Waals surface area contributed by atoms with Crippen LogP contribution in [0.1, 0.15) is 30.1 Å². The highest BCUT2D eigenvalue weighted by Crippen LogP contribution is 2.27. The molecule has 0 radical (unpaired) electrons. The summed E-state index contributed by atoms with van der Waals surface area (Å²) < 4.78 is 1.89. The first-order valence-electron chi connectivity index (χ1n) is 8.22. The van der Waals surface area contributed by atoms with Gasteiger partial charge in [-0.2, -0.15) is 5.10 Å². The minimum Gasteiger partial charge on any atom is -0.394 e. The second kappa shape index (κ2) is 7.87. The van der Waals surface area contributed by atoms with Crippen molar-refractivity contribution in [3.05, 3.63) is 29.0 Å². The zero-order valence-corrected chi connectivity index (χ0v) is 14.6. The Bertz CT molecular complexity index is 676. The lowest BCUT2D eigenvalue weighted by Crippen LogP contribution is -2.39. The van der Waals surface area contributed by atoms with Crippen LogP contribution in [0.15, 0.2) is 17.6 Å². The van der Waals surface area contributed by atoms with Crippen LogP contribution in [0, 0.1) is 6.92 Å². The van der Waals surface area contributed by atoms with Crippen LogP contribution in [0.5, 0.6) is 0 Å². The van der Waals surface area contributed by atoms with Crippen molar-refractivity contribution in [2.24, 2.45) is 0 Å². The molecule has 0 bridgehead atoms. The Balaban J connectivity index is 1.48. The predicted octanol–water partition coefficient (Wildman–Crippen LogP) is 1.46. The van der Waals surface area contributed by atoms with Crippen molar-refractivity contribution in [2.75, 3.05) is 31.6 Å². The summed E-state index contributed by atoms with van der Waals surface area (Å²) in [7, 11) is 0. The third-order valence-electron chi connectivity index (χ3n) is 4.30. The number of aryl methyl sites for hydroxylation is 1. The van der Waals surface area contributed by atoms with E-state index in [0.29, 0.717) is 24.1 Å². The summed E-state index contributed by atoms with van der Waals surface area (Å²) >= 11 is 1.45. The second-order valence-electron chi connectivity index (χ2n) is 6.10. The summed E-state index contributed by atoms with van der Waals surface area (Å²) in [5.74, 6) is 0.438. The number of hydrogen-bond acceptors (Lipinski definition) is 6. The van der Waals surface area contributed by atoms with E-state index in [9.17, 15) is 4.79 Å². The van der Waals surface area contributed by atoms with Gasteiger partial charge in [0.05, 0.1) is 25.4 Å². The van der Waals surface area contributed by atoms with Gasteiger partial charge >= 0.3 is 0 Å². The van der Waals surface area contributed by atoms with Gasteiger partial charge in [0.25, 0.3) is 0 Å². The van der Waals surface area contributed by atoms with Gasteiger partial charge in [-0.25, -0.2) is 4.98 Å². The molecule has 1 saturated heterocycles. The number of hydrogen-bond donors (Lipinski definition) is 2. The van der Waals surface area contributed by atoms with E-state index in [0.717, 1.165) is 31.6 Å². The van der Waals surface area contributed by atoms with E-state index < -0.39 is 0 Å². The smallest absolute Gasteiger partial charge is 0.240 e. The molecule has 3 heterocycles. The van der Waals surface area contributed by atoms with E-state index in [1.54, 1.807) is 6.20 Å². The van der Waals surface area contributed by atoms with Crippen LogP contribution in [-0.2, 0) is 11.3 Å². The zero-order valence-electron chi connectivity index (χ0n) is 13.8. The summed E-state index contributed by atoms with van der Waals surface area (Å²) in [5, 5.41) is 18.8. The van der Waals surface area contributed by atoms with E-state index in [2.05, 4.69) is 20.3 Å². The van der Waals surface area contributed by atoms with E-state index in [-0.39, 0.29) is 12.5 Å². The Morgan fingerprint density at radius 2 is 2.25 bits per heavy atom. The average molecular weight is 349 g/mol. The van der Waals surface area contributed by atoms with Crippen molar-refractivity contribution >= 4 is 22.4 Å². The number of likely N-dealkylation sites (tertiary alicyclic amines) is 1. The number of aliphatic hydroxyl groups excluding tert-OH is 1. The Hall–Kier alpha value is -1.77. The quantitative estimate of drug-likeness (QED) is 0.825. The SMILES string of the molecule is Cc1csc(NC(=O)CN2CCC(c3ccnn3CCO)CC2)n1. The molecule has 2 aromatic heterocycles. The zero-order chi connectivity index (χ0) is 16.9. The van der Waals surface area contributed by atoms with E-state index in [1.807, 2.05) is 23.1 Å². The number of nitrogens with one attached hydrogen (secondary N) is 1. The Morgan fingerprint density at radius 3 is 2.92 bits per heavy atom. The fraction of sp³-hybridized carbons (Fsp3) is 0.562. The van der Waals surface area contributed by atoms with Crippen LogP contribution in [0.2, 0.25) is 0 Å². The molecule has 1 aliphatic rings. The molecule has 1 amide bonds. The van der Waals surface area contributed by atoms with Crippen molar-refractivity contribution in [1.29, 1.82) is 0 Å². The molecule has 24 heavy (non-hydrogen) atoms. The predicted molar refractivity (Wildman–Crippen MR) is 93.2 cm³/mol.